The van der Waals surface area contributed by atoms with Gasteiger partial charge in [-0.05, 0) is 11.8 Å². The molecule has 0 spiro atoms. The number of nitrogens with zero attached hydrogens (tertiary/aromatic N) is 2. The van der Waals surface area contributed by atoms with Crippen molar-refractivity contribution in [2.24, 2.45) is 0 Å². The molecule has 3 aromatic rings. The molecular formula is C17H16Cl2Mg2N2. The second-order valence-corrected chi connectivity index (χ2v) is 4.64. The van der Waals surface area contributed by atoms with E-state index in [1.165, 1.54) is 16.5 Å². The molecule has 0 aliphatic rings. The van der Waals surface area contributed by atoms with E-state index in [4.69, 9.17) is 0 Å². The van der Waals surface area contributed by atoms with Crippen molar-refractivity contribution in [1.82, 2.24) is 4.98 Å². The minimum Gasteiger partial charge on any atom is -1.00 e. The third-order valence-electron chi connectivity index (χ3n) is 3.29. The number of fused-ring (bicyclic) bond motifs is 1. The zero-order valence-electron chi connectivity index (χ0n) is 13.0. The fourth-order valence-electron chi connectivity index (χ4n) is 2.27. The summed E-state index contributed by atoms with van der Waals surface area (Å²) >= 11 is 0. The number of hydrogen-bond acceptors (Lipinski definition) is 0. The summed E-state index contributed by atoms with van der Waals surface area (Å²) in [5, 5.41) is 5.86. The molecular weight excluding hydrogens is 352 g/mol. The van der Waals surface area contributed by atoms with Gasteiger partial charge in [0.05, 0.1) is 0 Å². The SMILES string of the molecule is [Cl-].[Cl-].[Mg+2].[Mg+2].c1ccc(C[N-]CCc2c[n-]c3ccccc23)cc1. The third-order valence-corrected chi connectivity index (χ3v) is 3.29. The summed E-state index contributed by atoms with van der Waals surface area (Å²) in [6, 6.07) is 18.7. The van der Waals surface area contributed by atoms with E-state index in [-0.39, 0.29) is 70.9 Å². The molecule has 0 N–H and O–H groups in total. The first-order chi connectivity index (χ1) is 9.43. The van der Waals surface area contributed by atoms with Crippen LogP contribution in [0.1, 0.15) is 11.1 Å². The normalized spacial score (nSPS) is 9.04. The fourth-order valence-corrected chi connectivity index (χ4v) is 2.27. The van der Waals surface area contributed by atoms with Crippen molar-refractivity contribution < 1.29 is 24.8 Å². The number of aromatic nitrogens is 1. The Bertz CT molecular complexity index is 660. The Hall–Kier alpha value is 0.0525. The summed E-state index contributed by atoms with van der Waals surface area (Å²) in [5.41, 5.74) is 3.65. The molecule has 0 aliphatic heterocycles. The van der Waals surface area contributed by atoms with Gasteiger partial charge in [0.15, 0.2) is 0 Å². The standard InChI is InChI=1S/C17H16N2.2ClH.2Mg/c1-2-6-14(7-3-1)12-18-11-10-15-13-19-17-9-5-4-8-16(15)17;;;;/h1-9,13H,10-12H2;2*1H;;/q-2;;;2*+2/p-2. The molecule has 1 heterocycles. The van der Waals surface area contributed by atoms with Gasteiger partial charge in [-0.1, -0.05) is 65.7 Å². The monoisotopic (exact) mass is 366 g/mol. The molecule has 0 unspecified atom stereocenters. The number of rotatable bonds is 5. The summed E-state index contributed by atoms with van der Waals surface area (Å²) in [5.74, 6) is 0. The maximum Gasteiger partial charge on any atom is 2.00 e. The van der Waals surface area contributed by atoms with Crippen LogP contribution in [0.15, 0.2) is 60.8 Å². The number of para-hydroxylation sites is 1. The summed E-state index contributed by atoms with van der Waals surface area (Å²) in [7, 11) is 0. The molecule has 112 valence electrons. The topological polar surface area (TPSA) is 28.2 Å². The van der Waals surface area contributed by atoms with E-state index >= 15 is 0 Å². The molecule has 2 aromatic carbocycles. The first kappa shape index (κ1) is 25.3. The Morgan fingerprint density at radius 2 is 1.48 bits per heavy atom. The molecule has 0 radical (unpaired) electrons. The second kappa shape index (κ2) is 13.4. The van der Waals surface area contributed by atoms with Gasteiger partial charge in [0.1, 0.15) is 0 Å². The van der Waals surface area contributed by atoms with Crippen molar-refractivity contribution in [1.29, 1.82) is 0 Å². The summed E-state index contributed by atoms with van der Waals surface area (Å²) < 4.78 is 0. The average molecular weight is 368 g/mol. The van der Waals surface area contributed by atoms with Crippen molar-refractivity contribution in [3.05, 3.63) is 77.2 Å². The molecule has 0 aliphatic carbocycles. The first-order valence-electron chi connectivity index (χ1n) is 6.60. The van der Waals surface area contributed by atoms with Gasteiger partial charge in [0.25, 0.3) is 0 Å². The van der Waals surface area contributed by atoms with E-state index in [0.29, 0.717) is 0 Å². The van der Waals surface area contributed by atoms with Gasteiger partial charge in [-0.3, -0.25) is 0 Å². The van der Waals surface area contributed by atoms with Crippen molar-refractivity contribution >= 4 is 57.0 Å². The molecule has 3 rings (SSSR count). The van der Waals surface area contributed by atoms with E-state index in [2.05, 4.69) is 52.8 Å². The number of benzene rings is 2. The van der Waals surface area contributed by atoms with Crippen LogP contribution in [0, 0.1) is 0 Å². The van der Waals surface area contributed by atoms with Crippen LogP contribution < -0.4 is 29.8 Å². The Labute approximate surface area is 182 Å². The van der Waals surface area contributed by atoms with Crippen molar-refractivity contribution in [3.8, 4) is 0 Å². The summed E-state index contributed by atoms with van der Waals surface area (Å²) in [4.78, 5) is 4.41. The van der Waals surface area contributed by atoms with Gasteiger partial charge in [-0.15, -0.1) is 18.6 Å². The van der Waals surface area contributed by atoms with Crippen LogP contribution in [-0.2, 0) is 13.0 Å². The molecule has 0 amide bonds. The molecule has 0 saturated heterocycles. The zero-order chi connectivity index (χ0) is 12.9. The van der Waals surface area contributed by atoms with Crippen LogP contribution in [-0.4, -0.2) is 52.7 Å². The van der Waals surface area contributed by atoms with E-state index in [1.807, 2.05) is 18.3 Å². The first-order valence-corrected chi connectivity index (χ1v) is 6.60. The molecule has 23 heavy (non-hydrogen) atoms. The minimum atomic E-state index is 0. The summed E-state index contributed by atoms with van der Waals surface area (Å²) in [6.45, 7) is 1.65. The van der Waals surface area contributed by atoms with E-state index in [1.54, 1.807) is 0 Å². The average Bonchev–Trinajstić information content (AvgIpc) is 2.88. The van der Waals surface area contributed by atoms with Gasteiger partial charge in [0, 0.05) is 0 Å². The maximum absolute atomic E-state index is 4.60. The van der Waals surface area contributed by atoms with Crippen LogP contribution in [0.4, 0.5) is 0 Å². The van der Waals surface area contributed by atoms with Gasteiger partial charge < -0.3 is 35.1 Å². The van der Waals surface area contributed by atoms with Crippen LogP contribution in [0.3, 0.4) is 0 Å². The van der Waals surface area contributed by atoms with E-state index in [9.17, 15) is 0 Å². The smallest absolute Gasteiger partial charge is 1.00 e. The molecule has 0 bridgehead atoms. The van der Waals surface area contributed by atoms with Crippen LogP contribution in [0.5, 0.6) is 0 Å². The maximum atomic E-state index is 4.60. The third kappa shape index (κ3) is 7.22. The van der Waals surface area contributed by atoms with Crippen molar-refractivity contribution in [3.63, 3.8) is 0 Å². The predicted octanol–water partition coefficient (Wildman–Crippen LogP) is -2.84. The Kier molecular flexibility index (Phi) is 14.7. The molecule has 0 atom stereocenters. The number of halogens is 2. The number of hydrogen-bond donors (Lipinski definition) is 0. The largest absolute Gasteiger partial charge is 2.00 e. The molecule has 1 aromatic heterocycles. The Balaban J connectivity index is 0. The van der Waals surface area contributed by atoms with Gasteiger partial charge >= 0.3 is 46.1 Å². The molecule has 2 nitrogen and oxygen atoms in total. The Morgan fingerprint density at radius 3 is 2.22 bits per heavy atom. The second-order valence-electron chi connectivity index (χ2n) is 4.64. The summed E-state index contributed by atoms with van der Waals surface area (Å²) in [6.07, 6.45) is 2.94. The van der Waals surface area contributed by atoms with Crippen LogP contribution >= 0.6 is 0 Å². The van der Waals surface area contributed by atoms with Crippen molar-refractivity contribution in [2.45, 2.75) is 13.0 Å². The van der Waals surface area contributed by atoms with Crippen LogP contribution in [0.25, 0.3) is 16.2 Å². The van der Waals surface area contributed by atoms with Gasteiger partial charge in [-0.2, -0.15) is 6.20 Å². The Morgan fingerprint density at radius 1 is 0.826 bits per heavy atom. The fraction of sp³-hybridized carbons (Fsp3) is 0.176. The minimum absolute atomic E-state index is 0. The van der Waals surface area contributed by atoms with Crippen LogP contribution in [0.2, 0.25) is 0 Å². The molecule has 0 fully saturated rings. The molecule has 6 heteroatoms. The van der Waals surface area contributed by atoms with Crippen molar-refractivity contribution in [2.75, 3.05) is 6.54 Å². The molecule has 0 saturated carbocycles. The van der Waals surface area contributed by atoms with Gasteiger partial charge in [-0.25, -0.2) is 0 Å². The predicted molar refractivity (Wildman–Crippen MR) is 90.9 cm³/mol. The van der Waals surface area contributed by atoms with E-state index in [0.717, 1.165) is 25.0 Å². The quantitative estimate of drug-likeness (QED) is 0.353. The van der Waals surface area contributed by atoms with E-state index < -0.39 is 0 Å². The zero-order valence-corrected chi connectivity index (χ0v) is 17.3. The van der Waals surface area contributed by atoms with Gasteiger partial charge in [0.2, 0.25) is 0 Å².